The molecule has 346 valence electrons. The molecule has 2 spiro atoms. The van der Waals surface area contributed by atoms with Gasteiger partial charge in [0.2, 0.25) is 0 Å². The minimum absolute atomic E-state index is 0.489. The zero-order valence-electron chi connectivity index (χ0n) is 40.8. The highest BCUT2D eigenvalue weighted by atomic mass is 16.5. The molecule has 10 aromatic carbocycles. The van der Waals surface area contributed by atoms with E-state index in [0.717, 1.165) is 68.3 Å². The predicted molar refractivity (Wildman–Crippen MR) is 297 cm³/mol. The molecule has 1 unspecified atom stereocenters. The molecule has 0 amide bonds. The number of hydrogen-bond donors (Lipinski definition) is 0. The molecule has 0 saturated carbocycles. The van der Waals surface area contributed by atoms with E-state index in [9.17, 15) is 0 Å². The van der Waals surface area contributed by atoms with Crippen LogP contribution >= 0.6 is 0 Å². The van der Waals surface area contributed by atoms with Crippen LogP contribution in [0.3, 0.4) is 0 Å². The first-order chi connectivity index (χ1) is 36.0. The summed E-state index contributed by atoms with van der Waals surface area (Å²) in [4.78, 5) is 10.7. The Labute approximate surface area is 427 Å². The van der Waals surface area contributed by atoms with Gasteiger partial charge in [0.25, 0.3) is 0 Å². The van der Waals surface area contributed by atoms with Crippen LogP contribution < -0.4 is 4.74 Å². The third-order valence-corrected chi connectivity index (χ3v) is 16.1. The van der Waals surface area contributed by atoms with Crippen LogP contribution in [0.4, 0.5) is 0 Å². The van der Waals surface area contributed by atoms with Crippen molar-refractivity contribution in [2.24, 2.45) is 0 Å². The van der Waals surface area contributed by atoms with Crippen LogP contribution in [0.2, 0.25) is 0 Å². The molecule has 0 radical (unpaired) electrons. The van der Waals surface area contributed by atoms with Crippen LogP contribution in [-0.2, 0) is 10.8 Å². The van der Waals surface area contributed by atoms with E-state index < -0.39 is 10.8 Å². The number of nitrogens with zero attached hydrogens (tertiary/aromatic N) is 2. The molecule has 0 bridgehead atoms. The second-order valence-electron chi connectivity index (χ2n) is 19.9. The minimum Gasteiger partial charge on any atom is -0.457 e. The number of aromatic nitrogens is 2. The summed E-state index contributed by atoms with van der Waals surface area (Å²) in [5.41, 5.74) is 22.1. The smallest absolute Gasteiger partial charge is 0.160 e. The molecule has 1 aliphatic heterocycles. The molecule has 0 saturated heterocycles. The molecule has 14 rings (SSSR count). The molecule has 11 aromatic rings. The summed E-state index contributed by atoms with van der Waals surface area (Å²) in [6, 6.07) is 91.0. The normalized spacial score (nSPS) is 14.2. The molecule has 3 heteroatoms. The van der Waals surface area contributed by atoms with Gasteiger partial charge in [-0.05, 0) is 115 Å². The summed E-state index contributed by atoms with van der Waals surface area (Å²) in [6.07, 6.45) is 1.10. The molecule has 2 heterocycles. The van der Waals surface area contributed by atoms with Crippen molar-refractivity contribution in [1.29, 1.82) is 0 Å². The summed E-state index contributed by atoms with van der Waals surface area (Å²) < 4.78 is 6.76. The van der Waals surface area contributed by atoms with Gasteiger partial charge in [-0.2, -0.15) is 0 Å². The zero-order chi connectivity index (χ0) is 48.7. The average Bonchev–Trinajstić information content (AvgIpc) is 3.77. The first-order valence-corrected chi connectivity index (χ1v) is 25.6. The lowest BCUT2D eigenvalue weighted by atomic mass is 9.51. The largest absolute Gasteiger partial charge is 0.457 e. The number of rotatable bonds is 7. The molecule has 1 aromatic heterocycles. The zero-order valence-corrected chi connectivity index (χ0v) is 40.8. The van der Waals surface area contributed by atoms with Gasteiger partial charge in [-0.1, -0.05) is 232 Å². The van der Waals surface area contributed by atoms with E-state index in [0.29, 0.717) is 11.7 Å². The second-order valence-corrected chi connectivity index (χ2v) is 19.9. The second kappa shape index (κ2) is 16.9. The molecule has 3 aliphatic rings. The molecular formula is C70H50N2O. The van der Waals surface area contributed by atoms with Gasteiger partial charge in [0.05, 0.1) is 22.2 Å². The minimum atomic E-state index is -0.623. The fourth-order valence-electron chi connectivity index (χ4n) is 12.7. The van der Waals surface area contributed by atoms with Crippen LogP contribution in [0.5, 0.6) is 11.5 Å². The fourth-order valence-corrected chi connectivity index (χ4v) is 12.7. The SMILES string of the molecule is CCC(C)c1cccc(-c2cccc(-c3nc(-c4ccccc4)cc(-c4cccc(-c5cccc6c5-c5ccccc5C65c6ccccc6C6(c7ccccc7Oc7ccccc76)c6ccccc65)c4)n3)c2)c1. The monoisotopic (exact) mass is 934 g/mol. The lowest BCUT2D eigenvalue weighted by molar-refractivity contribution is 0.429. The van der Waals surface area contributed by atoms with Crippen LogP contribution in [0.1, 0.15) is 76.3 Å². The Kier molecular flexibility index (Phi) is 9.91. The molecular weight excluding hydrogens is 885 g/mol. The Morgan fingerprint density at radius 3 is 1.45 bits per heavy atom. The van der Waals surface area contributed by atoms with Gasteiger partial charge in [0.1, 0.15) is 11.5 Å². The summed E-state index contributed by atoms with van der Waals surface area (Å²) in [5, 5.41) is 0. The Morgan fingerprint density at radius 2 is 0.795 bits per heavy atom. The maximum Gasteiger partial charge on any atom is 0.160 e. The van der Waals surface area contributed by atoms with Crippen molar-refractivity contribution in [3.05, 3.63) is 299 Å². The van der Waals surface area contributed by atoms with Crippen LogP contribution in [-0.4, -0.2) is 9.97 Å². The molecule has 0 fully saturated rings. The highest BCUT2D eigenvalue weighted by molar-refractivity contribution is 5.98. The van der Waals surface area contributed by atoms with E-state index in [1.807, 2.05) is 0 Å². The van der Waals surface area contributed by atoms with Crippen molar-refractivity contribution < 1.29 is 4.74 Å². The summed E-state index contributed by atoms with van der Waals surface area (Å²) in [6.45, 7) is 4.55. The topological polar surface area (TPSA) is 35.0 Å². The lowest BCUT2D eigenvalue weighted by Gasteiger charge is -2.51. The van der Waals surface area contributed by atoms with Gasteiger partial charge in [0, 0.05) is 27.8 Å². The maximum absolute atomic E-state index is 6.76. The summed E-state index contributed by atoms with van der Waals surface area (Å²) >= 11 is 0. The van der Waals surface area contributed by atoms with Gasteiger partial charge < -0.3 is 4.74 Å². The van der Waals surface area contributed by atoms with E-state index in [1.54, 1.807) is 0 Å². The Morgan fingerprint density at radius 1 is 0.356 bits per heavy atom. The number of para-hydroxylation sites is 2. The standard InChI is InChI=1S/C70H50N2O/c1-3-45(2)47-23-17-24-48(41-47)49-25-18-28-52(42-49)68-71-63(46-21-5-4-6-22-46)44-64(72-68)51-27-19-26-50(43-51)53-30-20-38-62-67(53)54-29-7-8-31-55(54)69(62)56-32-9-11-34-58(56)70(59-35-12-10-33-57(59)69)60-36-13-15-39-65(60)73-66-40-16-14-37-61(66)70/h4-45H,3H2,1-2H3. The van der Waals surface area contributed by atoms with Crippen LogP contribution in [0.25, 0.3) is 67.3 Å². The Balaban J connectivity index is 0.953. The van der Waals surface area contributed by atoms with Crippen molar-refractivity contribution in [2.45, 2.75) is 37.0 Å². The molecule has 1 atom stereocenters. The van der Waals surface area contributed by atoms with E-state index in [4.69, 9.17) is 14.7 Å². The molecule has 0 N–H and O–H groups in total. The van der Waals surface area contributed by atoms with E-state index in [2.05, 4.69) is 263 Å². The first kappa shape index (κ1) is 42.9. The van der Waals surface area contributed by atoms with Crippen LogP contribution in [0, 0.1) is 0 Å². The lowest BCUT2D eigenvalue weighted by Crippen LogP contribution is -2.45. The third kappa shape index (κ3) is 6.38. The molecule has 3 nitrogen and oxygen atoms in total. The van der Waals surface area contributed by atoms with Crippen molar-refractivity contribution >= 4 is 0 Å². The number of hydrogen-bond acceptors (Lipinski definition) is 3. The van der Waals surface area contributed by atoms with E-state index in [-0.39, 0.29) is 0 Å². The average molecular weight is 935 g/mol. The Hall–Kier alpha value is -8.92. The van der Waals surface area contributed by atoms with Gasteiger partial charge in [-0.25, -0.2) is 9.97 Å². The number of ether oxygens (including phenoxy) is 1. The van der Waals surface area contributed by atoms with E-state index in [1.165, 1.54) is 61.2 Å². The highest BCUT2D eigenvalue weighted by Crippen LogP contribution is 2.67. The summed E-state index contributed by atoms with van der Waals surface area (Å²) in [5.74, 6) is 2.96. The quantitative estimate of drug-likeness (QED) is 0.160. The first-order valence-electron chi connectivity index (χ1n) is 25.6. The maximum atomic E-state index is 6.76. The molecule has 2 aliphatic carbocycles. The van der Waals surface area contributed by atoms with Crippen molar-refractivity contribution in [3.8, 4) is 78.8 Å². The van der Waals surface area contributed by atoms with E-state index >= 15 is 0 Å². The van der Waals surface area contributed by atoms with Crippen molar-refractivity contribution in [3.63, 3.8) is 0 Å². The molecule has 73 heavy (non-hydrogen) atoms. The predicted octanol–water partition coefficient (Wildman–Crippen LogP) is 17.5. The number of fused-ring (bicyclic) bond motifs is 15. The van der Waals surface area contributed by atoms with Crippen molar-refractivity contribution in [1.82, 2.24) is 9.97 Å². The van der Waals surface area contributed by atoms with Crippen LogP contribution in [0.15, 0.2) is 249 Å². The third-order valence-electron chi connectivity index (χ3n) is 16.1. The van der Waals surface area contributed by atoms with Gasteiger partial charge in [0.15, 0.2) is 5.82 Å². The van der Waals surface area contributed by atoms with Gasteiger partial charge >= 0.3 is 0 Å². The fraction of sp³-hybridized carbons (Fsp3) is 0.0857. The Bertz CT molecular complexity index is 3890. The number of benzene rings is 10. The van der Waals surface area contributed by atoms with Gasteiger partial charge in [-0.15, -0.1) is 0 Å². The van der Waals surface area contributed by atoms with Crippen molar-refractivity contribution in [2.75, 3.05) is 0 Å². The summed E-state index contributed by atoms with van der Waals surface area (Å²) in [7, 11) is 0. The van der Waals surface area contributed by atoms with Gasteiger partial charge in [-0.3, -0.25) is 0 Å². The highest BCUT2D eigenvalue weighted by Gasteiger charge is 2.58.